The van der Waals surface area contributed by atoms with Gasteiger partial charge in [-0.15, -0.1) is 0 Å². The van der Waals surface area contributed by atoms with Crippen molar-refractivity contribution in [1.82, 2.24) is 10.2 Å². The van der Waals surface area contributed by atoms with Crippen LogP contribution in [0.1, 0.15) is 48.0 Å². The molecule has 3 nitrogen and oxygen atoms in total. The second kappa shape index (κ2) is 4.87. The molecule has 0 spiro atoms. The highest BCUT2D eigenvalue weighted by molar-refractivity contribution is 5.81. The van der Waals surface area contributed by atoms with Crippen LogP contribution in [0.15, 0.2) is 4.99 Å². The number of guanidine groups is 1. The summed E-state index contributed by atoms with van der Waals surface area (Å²) in [5.41, 5.74) is 0.551. The first kappa shape index (κ1) is 14.3. The van der Waals surface area contributed by atoms with Crippen LogP contribution in [0, 0.1) is 11.3 Å². The molecule has 0 bridgehead atoms. The van der Waals surface area contributed by atoms with Gasteiger partial charge in [-0.2, -0.15) is 0 Å². The van der Waals surface area contributed by atoms with Gasteiger partial charge >= 0.3 is 0 Å². The van der Waals surface area contributed by atoms with Crippen molar-refractivity contribution in [3.63, 3.8) is 0 Å². The number of nitrogens with zero attached hydrogens (tertiary/aromatic N) is 2. The van der Waals surface area contributed by atoms with Crippen LogP contribution in [-0.2, 0) is 0 Å². The van der Waals surface area contributed by atoms with E-state index >= 15 is 0 Å². The smallest absolute Gasteiger partial charge is 0.194 e. The van der Waals surface area contributed by atoms with Crippen LogP contribution in [0.4, 0.5) is 0 Å². The minimum atomic E-state index is 0.187. The summed E-state index contributed by atoms with van der Waals surface area (Å²) in [4.78, 5) is 6.78. The van der Waals surface area contributed by atoms with Crippen molar-refractivity contribution >= 4 is 5.96 Å². The van der Waals surface area contributed by atoms with E-state index in [2.05, 4.69) is 56.8 Å². The first-order chi connectivity index (χ1) is 7.72. The minimum Gasteiger partial charge on any atom is -0.356 e. The number of hydrogen-bond acceptors (Lipinski definition) is 1. The Morgan fingerprint density at radius 1 is 1.29 bits per heavy atom. The molecule has 0 aliphatic carbocycles. The van der Waals surface area contributed by atoms with Crippen molar-refractivity contribution in [1.29, 1.82) is 0 Å². The molecule has 1 heterocycles. The summed E-state index contributed by atoms with van der Waals surface area (Å²) in [6.07, 6.45) is 1.19. The molecule has 1 aliphatic heterocycles. The van der Waals surface area contributed by atoms with E-state index in [4.69, 9.17) is 0 Å². The highest BCUT2D eigenvalue weighted by atomic mass is 15.4. The summed E-state index contributed by atoms with van der Waals surface area (Å²) in [5.74, 6) is 1.79. The zero-order valence-corrected chi connectivity index (χ0v) is 12.6. The van der Waals surface area contributed by atoms with Crippen molar-refractivity contribution in [3.8, 4) is 0 Å². The fourth-order valence-corrected chi connectivity index (χ4v) is 2.17. The summed E-state index contributed by atoms with van der Waals surface area (Å²) in [7, 11) is 1.87. The van der Waals surface area contributed by atoms with Gasteiger partial charge in [0.1, 0.15) is 0 Å². The van der Waals surface area contributed by atoms with Crippen LogP contribution in [-0.4, -0.2) is 36.5 Å². The van der Waals surface area contributed by atoms with Gasteiger partial charge in [0.25, 0.3) is 0 Å². The maximum atomic E-state index is 4.40. The van der Waals surface area contributed by atoms with Crippen LogP contribution >= 0.6 is 0 Å². The Morgan fingerprint density at radius 3 is 2.24 bits per heavy atom. The fraction of sp³-hybridized carbons (Fsp3) is 0.929. The lowest BCUT2D eigenvalue weighted by molar-refractivity contribution is -0.0667. The van der Waals surface area contributed by atoms with Gasteiger partial charge in [-0.05, 0) is 26.2 Å². The van der Waals surface area contributed by atoms with Gasteiger partial charge in [0.15, 0.2) is 5.96 Å². The summed E-state index contributed by atoms with van der Waals surface area (Å²) in [6.45, 7) is 15.8. The minimum absolute atomic E-state index is 0.187. The predicted molar refractivity (Wildman–Crippen MR) is 75.4 cm³/mol. The largest absolute Gasteiger partial charge is 0.356 e. The van der Waals surface area contributed by atoms with Crippen LogP contribution in [0.2, 0.25) is 0 Å². The molecule has 1 N–H and O–H groups in total. The van der Waals surface area contributed by atoms with Crippen LogP contribution < -0.4 is 5.32 Å². The standard InChI is InChI=1S/C14H29N3/c1-11(2)8-9-16-12(15-7)17-10-13(3,4)14(17,5)6/h11H,8-10H2,1-7H3,(H,15,16). The first-order valence-electron chi connectivity index (χ1n) is 6.70. The van der Waals surface area contributed by atoms with Gasteiger partial charge < -0.3 is 10.2 Å². The Labute approximate surface area is 107 Å². The number of rotatable bonds is 3. The average molecular weight is 239 g/mol. The Morgan fingerprint density at radius 2 is 1.88 bits per heavy atom. The highest BCUT2D eigenvalue weighted by Gasteiger charge is 2.53. The summed E-state index contributed by atoms with van der Waals surface area (Å²) < 4.78 is 0. The Hall–Kier alpha value is -0.730. The zero-order valence-electron chi connectivity index (χ0n) is 12.6. The zero-order chi connectivity index (χ0) is 13.3. The van der Waals surface area contributed by atoms with Gasteiger partial charge in [-0.3, -0.25) is 4.99 Å². The van der Waals surface area contributed by atoms with E-state index in [1.54, 1.807) is 0 Å². The molecule has 0 unspecified atom stereocenters. The molecular formula is C14H29N3. The van der Waals surface area contributed by atoms with Crippen LogP contribution in [0.3, 0.4) is 0 Å². The summed E-state index contributed by atoms with van der Waals surface area (Å²) in [6, 6.07) is 0. The maximum absolute atomic E-state index is 4.40. The number of hydrogen-bond donors (Lipinski definition) is 1. The van der Waals surface area contributed by atoms with Crippen molar-refractivity contribution in [2.45, 2.75) is 53.5 Å². The maximum Gasteiger partial charge on any atom is 0.194 e. The van der Waals surface area contributed by atoms with E-state index in [9.17, 15) is 0 Å². The normalized spacial score (nSPS) is 22.6. The molecule has 0 radical (unpaired) electrons. The molecule has 1 fully saturated rings. The van der Waals surface area contributed by atoms with E-state index in [0.29, 0.717) is 5.41 Å². The van der Waals surface area contributed by atoms with Gasteiger partial charge in [0.05, 0.1) is 0 Å². The molecule has 3 heteroatoms. The van der Waals surface area contributed by atoms with Crippen molar-refractivity contribution in [2.75, 3.05) is 20.1 Å². The molecule has 0 saturated carbocycles. The average Bonchev–Trinajstić information content (AvgIpc) is 2.21. The van der Waals surface area contributed by atoms with Crippen LogP contribution in [0.5, 0.6) is 0 Å². The van der Waals surface area contributed by atoms with Crippen LogP contribution in [0.25, 0.3) is 0 Å². The monoisotopic (exact) mass is 239 g/mol. The van der Waals surface area contributed by atoms with Gasteiger partial charge in [-0.25, -0.2) is 0 Å². The third-order valence-corrected chi connectivity index (χ3v) is 4.36. The summed E-state index contributed by atoms with van der Waals surface area (Å²) in [5, 5.41) is 3.47. The third kappa shape index (κ3) is 2.75. The molecule has 0 amide bonds. The van der Waals surface area contributed by atoms with E-state index < -0.39 is 0 Å². The number of likely N-dealkylation sites (tertiary alicyclic amines) is 1. The van der Waals surface area contributed by atoms with Crippen molar-refractivity contribution < 1.29 is 0 Å². The molecule has 0 aromatic rings. The summed E-state index contributed by atoms with van der Waals surface area (Å²) >= 11 is 0. The Kier molecular flexibility index (Phi) is 4.11. The van der Waals surface area contributed by atoms with Gasteiger partial charge in [-0.1, -0.05) is 27.7 Å². The topological polar surface area (TPSA) is 27.6 Å². The van der Waals surface area contributed by atoms with E-state index in [0.717, 1.165) is 25.0 Å². The lowest BCUT2D eigenvalue weighted by atomic mass is 9.65. The third-order valence-electron chi connectivity index (χ3n) is 4.36. The molecule has 0 aromatic heterocycles. The predicted octanol–water partition coefficient (Wildman–Crippen LogP) is 2.73. The van der Waals surface area contributed by atoms with E-state index in [1.165, 1.54) is 6.42 Å². The SMILES string of the molecule is CN=C(NCCC(C)C)N1CC(C)(C)C1(C)C. The molecular weight excluding hydrogens is 210 g/mol. The Bertz CT molecular complexity index is 290. The second-order valence-electron chi connectivity index (χ2n) is 6.69. The van der Waals surface area contributed by atoms with Gasteiger partial charge in [0, 0.05) is 31.1 Å². The lowest BCUT2D eigenvalue weighted by Crippen LogP contribution is -2.72. The molecule has 17 heavy (non-hydrogen) atoms. The van der Waals surface area contributed by atoms with Gasteiger partial charge in [0.2, 0.25) is 0 Å². The number of nitrogens with one attached hydrogen (secondary N) is 1. The quantitative estimate of drug-likeness (QED) is 0.606. The van der Waals surface area contributed by atoms with E-state index in [-0.39, 0.29) is 5.54 Å². The molecule has 1 saturated heterocycles. The van der Waals surface area contributed by atoms with E-state index in [1.807, 2.05) is 7.05 Å². The fourth-order valence-electron chi connectivity index (χ4n) is 2.17. The molecule has 1 aliphatic rings. The number of aliphatic imine (C=N–C) groups is 1. The molecule has 100 valence electrons. The Balaban J connectivity index is 2.54. The highest BCUT2D eigenvalue weighted by Crippen LogP contribution is 2.46. The van der Waals surface area contributed by atoms with Crippen molar-refractivity contribution in [2.24, 2.45) is 16.3 Å². The molecule has 0 atom stereocenters. The second-order valence-corrected chi connectivity index (χ2v) is 6.69. The molecule has 0 aromatic carbocycles. The van der Waals surface area contributed by atoms with Crippen molar-refractivity contribution in [3.05, 3.63) is 0 Å². The lowest BCUT2D eigenvalue weighted by Gasteiger charge is -2.62. The molecule has 1 rings (SSSR count). The first-order valence-corrected chi connectivity index (χ1v) is 6.70.